The molecule has 0 aliphatic heterocycles. The summed E-state index contributed by atoms with van der Waals surface area (Å²) in [6.45, 7) is 9.96. The molecule has 10 atom stereocenters. The summed E-state index contributed by atoms with van der Waals surface area (Å²) in [5.74, 6) is -10.5. The van der Waals surface area contributed by atoms with Crippen molar-refractivity contribution < 1.29 is 58.2 Å². The van der Waals surface area contributed by atoms with Crippen LogP contribution in [0.3, 0.4) is 0 Å². The average molecular weight is 962 g/mol. The molecule has 1 aromatic rings. The number of carboxylic acid groups (broad SMARTS) is 1. The first kappa shape index (κ1) is 59.8. The van der Waals surface area contributed by atoms with Crippen LogP contribution >= 0.6 is 0 Å². The second-order valence-corrected chi connectivity index (χ2v) is 17.5. The van der Waals surface area contributed by atoms with E-state index in [-0.39, 0.29) is 38.1 Å². The minimum absolute atomic E-state index is 0.0366. The number of nitrogens with one attached hydrogen (secondary N) is 7. The van der Waals surface area contributed by atoms with Crippen molar-refractivity contribution >= 4 is 59.1 Å². The average Bonchev–Trinajstić information content (AvgIpc) is 3.28. The summed E-state index contributed by atoms with van der Waals surface area (Å²) in [6.07, 6.45) is -0.0362. The third-order valence-electron chi connectivity index (χ3n) is 11.3. The smallest absolute Gasteiger partial charge is 0.326 e. The molecule has 0 aromatic heterocycles. The van der Waals surface area contributed by atoms with Crippen molar-refractivity contribution in [3.63, 3.8) is 0 Å². The Morgan fingerprint density at radius 2 is 1.03 bits per heavy atom. The first-order chi connectivity index (χ1) is 32.0. The van der Waals surface area contributed by atoms with Crippen LogP contribution in [0.4, 0.5) is 0 Å². The molecular weight excluding hydrogens is 887 g/mol. The van der Waals surface area contributed by atoms with Crippen LogP contribution in [0, 0.1) is 17.8 Å². The zero-order chi connectivity index (χ0) is 51.7. The van der Waals surface area contributed by atoms with Gasteiger partial charge in [0.05, 0.1) is 13.0 Å². The van der Waals surface area contributed by atoms with Gasteiger partial charge in [0, 0.05) is 12.8 Å². The molecule has 23 nitrogen and oxygen atoms in total. The maximum absolute atomic E-state index is 14.2. The summed E-state index contributed by atoms with van der Waals surface area (Å²) in [5, 5.41) is 36.8. The molecule has 0 aliphatic carbocycles. The van der Waals surface area contributed by atoms with Gasteiger partial charge in [-0.3, -0.25) is 43.2 Å². The van der Waals surface area contributed by atoms with Gasteiger partial charge in [-0.15, -0.1) is 0 Å². The number of benzene rings is 1. The van der Waals surface area contributed by atoms with Crippen molar-refractivity contribution in [2.45, 2.75) is 154 Å². The number of rotatable bonds is 33. The second-order valence-electron chi connectivity index (χ2n) is 17.5. The van der Waals surface area contributed by atoms with Gasteiger partial charge in [0.2, 0.25) is 53.2 Å². The van der Waals surface area contributed by atoms with Gasteiger partial charge in [-0.05, 0) is 62.0 Å². The Labute approximate surface area is 397 Å². The molecule has 382 valence electrons. The van der Waals surface area contributed by atoms with Gasteiger partial charge in [0.15, 0.2) is 0 Å². The third-order valence-corrected chi connectivity index (χ3v) is 11.3. The van der Waals surface area contributed by atoms with E-state index in [1.54, 1.807) is 71.9 Å². The molecule has 0 unspecified atom stereocenters. The lowest BCUT2D eigenvalue weighted by atomic mass is 9.94. The molecule has 0 aliphatic rings. The number of aliphatic hydroxyl groups is 1. The lowest BCUT2D eigenvalue weighted by Crippen LogP contribution is -2.62. The van der Waals surface area contributed by atoms with Crippen LogP contribution in [0.15, 0.2) is 30.3 Å². The van der Waals surface area contributed by atoms with Gasteiger partial charge in [-0.2, -0.15) is 0 Å². The number of aliphatic hydroxyl groups excluding tert-OH is 1. The summed E-state index contributed by atoms with van der Waals surface area (Å²) in [7, 11) is 0. The van der Waals surface area contributed by atoms with Crippen LogP contribution < -0.4 is 60.2 Å². The standard InChI is InChI=1S/C45H75N11O12/c1-7-25(5)36(56-44(66)37(26(6)8-2)55-38(60)28(47)23-57)43(65)53-32(22-35(49)59)42(64)52-31(21-27-14-10-9-11-15-27)41(63)51-30(17-18-34(48)58)40(62)50-29(16-12-13-19-46)39(61)54-33(45(67)68)20-24(3)4/h9-11,14-15,24-26,28-33,36-37,57H,7-8,12-13,16-23,46-47H2,1-6H3,(H2,48,58)(H2,49,59)(H,50,62)(H,51,63)(H,52,64)(H,53,65)(H,54,61)(H,55,60)(H,56,66)(H,67,68)/t25-,26-,28-,29-,30-,31-,32-,33-,36-,37-/m0/s1. The fourth-order valence-corrected chi connectivity index (χ4v) is 6.82. The second kappa shape index (κ2) is 31.0. The maximum Gasteiger partial charge on any atom is 0.326 e. The van der Waals surface area contributed by atoms with Crippen LogP contribution in [0.1, 0.15) is 105 Å². The zero-order valence-corrected chi connectivity index (χ0v) is 40.0. The molecule has 0 radical (unpaired) electrons. The molecule has 0 heterocycles. The molecule has 1 rings (SSSR count). The summed E-state index contributed by atoms with van der Waals surface area (Å²) >= 11 is 0. The SMILES string of the molecule is CC[C@H](C)[C@H](NC(=O)[C@@H](NC(=O)[C@@H](N)CO)[C@@H](C)CC)C(=O)N[C@@H](CC(N)=O)C(=O)N[C@@H](Cc1ccccc1)C(=O)N[C@@H](CCC(N)=O)C(=O)N[C@@H](CCCCN)C(=O)N[C@@H](CC(C)C)C(=O)O. The van der Waals surface area contributed by atoms with E-state index in [2.05, 4.69) is 37.2 Å². The number of carbonyl (C=O) groups excluding carboxylic acids is 9. The Hall–Kier alpha value is -6.20. The molecule has 68 heavy (non-hydrogen) atoms. The van der Waals surface area contributed by atoms with E-state index in [4.69, 9.17) is 22.9 Å². The largest absolute Gasteiger partial charge is 0.480 e. The lowest BCUT2D eigenvalue weighted by Gasteiger charge is -2.30. The highest BCUT2D eigenvalue weighted by Gasteiger charge is 2.37. The van der Waals surface area contributed by atoms with Gasteiger partial charge < -0.3 is 70.4 Å². The normalized spacial score (nSPS) is 15.6. The van der Waals surface area contributed by atoms with E-state index in [9.17, 15) is 58.2 Å². The number of primary amides is 2. The number of carbonyl (C=O) groups is 10. The van der Waals surface area contributed by atoms with Crippen molar-refractivity contribution in [3.05, 3.63) is 35.9 Å². The Bertz CT molecular complexity index is 1850. The minimum atomic E-state index is -1.71. The number of unbranched alkanes of at least 4 members (excludes halogenated alkanes) is 1. The fourth-order valence-electron chi connectivity index (χ4n) is 6.82. The van der Waals surface area contributed by atoms with Crippen molar-refractivity contribution in [1.82, 2.24) is 37.2 Å². The highest BCUT2D eigenvalue weighted by molar-refractivity contribution is 5.99. The summed E-state index contributed by atoms with van der Waals surface area (Å²) in [5.41, 5.74) is 22.8. The highest BCUT2D eigenvalue weighted by Crippen LogP contribution is 2.14. The van der Waals surface area contributed by atoms with Gasteiger partial charge in [-0.1, -0.05) is 84.7 Å². The first-order valence-electron chi connectivity index (χ1n) is 23.0. The third kappa shape index (κ3) is 21.6. The van der Waals surface area contributed by atoms with E-state index in [0.717, 1.165) is 0 Å². The molecule has 0 fully saturated rings. The van der Waals surface area contributed by atoms with E-state index in [1.165, 1.54) is 0 Å². The quantitative estimate of drug-likeness (QED) is 0.0323. The Kier molecular flexibility index (Phi) is 27.2. The Balaban J connectivity index is 3.60. The Morgan fingerprint density at radius 1 is 0.574 bits per heavy atom. The van der Waals surface area contributed by atoms with Crippen LogP contribution in [0.25, 0.3) is 0 Å². The van der Waals surface area contributed by atoms with E-state index < -0.39 is 139 Å². The summed E-state index contributed by atoms with van der Waals surface area (Å²) < 4.78 is 0. The molecular formula is C45H75N11O12. The van der Waals surface area contributed by atoms with E-state index in [1.807, 2.05) is 0 Å². The molecule has 23 heteroatoms. The molecule has 0 saturated carbocycles. The molecule has 0 saturated heterocycles. The number of hydrogen-bond acceptors (Lipinski definition) is 13. The number of nitrogens with two attached hydrogens (primary N) is 4. The van der Waals surface area contributed by atoms with Crippen LogP contribution in [-0.2, 0) is 54.4 Å². The van der Waals surface area contributed by atoms with Crippen LogP contribution in [0.2, 0.25) is 0 Å². The lowest BCUT2D eigenvalue weighted by molar-refractivity contribution is -0.143. The van der Waals surface area contributed by atoms with Crippen LogP contribution in [0.5, 0.6) is 0 Å². The van der Waals surface area contributed by atoms with Gasteiger partial charge in [0.25, 0.3) is 0 Å². The summed E-state index contributed by atoms with van der Waals surface area (Å²) in [4.78, 5) is 132. The molecule has 17 N–H and O–H groups in total. The molecule has 0 bridgehead atoms. The topological polar surface area (TPSA) is 399 Å². The van der Waals surface area contributed by atoms with Crippen molar-refractivity contribution in [2.75, 3.05) is 13.2 Å². The predicted octanol–water partition coefficient (Wildman–Crippen LogP) is -2.56. The van der Waals surface area contributed by atoms with Crippen LogP contribution in [-0.4, -0.2) is 131 Å². The summed E-state index contributed by atoms with van der Waals surface area (Å²) in [6, 6.07) is -2.84. The predicted molar refractivity (Wildman–Crippen MR) is 250 cm³/mol. The molecule has 0 spiro atoms. The molecule has 1 aromatic carbocycles. The first-order valence-corrected chi connectivity index (χ1v) is 23.0. The van der Waals surface area contributed by atoms with E-state index >= 15 is 0 Å². The zero-order valence-electron chi connectivity index (χ0n) is 40.0. The van der Waals surface area contributed by atoms with Crippen molar-refractivity contribution in [3.8, 4) is 0 Å². The highest BCUT2D eigenvalue weighted by atomic mass is 16.4. The van der Waals surface area contributed by atoms with E-state index in [0.29, 0.717) is 31.2 Å². The fraction of sp³-hybridized carbons (Fsp3) is 0.644. The van der Waals surface area contributed by atoms with Crippen molar-refractivity contribution in [1.29, 1.82) is 0 Å². The number of carboxylic acids is 1. The van der Waals surface area contributed by atoms with Gasteiger partial charge in [-0.25, -0.2) is 4.79 Å². The number of aliphatic carboxylic acids is 1. The number of hydrogen-bond donors (Lipinski definition) is 13. The van der Waals surface area contributed by atoms with Crippen molar-refractivity contribution in [2.24, 2.45) is 40.7 Å². The Morgan fingerprint density at radius 3 is 1.50 bits per heavy atom. The monoisotopic (exact) mass is 962 g/mol. The van der Waals surface area contributed by atoms with Gasteiger partial charge in [0.1, 0.15) is 48.3 Å². The van der Waals surface area contributed by atoms with Gasteiger partial charge >= 0.3 is 5.97 Å². The number of amides is 9. The maximum atomic E-state index is 14.2. The minimum Gasteiger partial charge on any atom is -0.480 e. The molecule has 9 amide bonds.